The highest BCUT2D eigenvalue weighted by atomic mass is 32.2. The monoisotopic (exact) mass is 345 g/mol. The molecular weight excluding hydrogens is 330 g/mol. The van der Waals surface area contributed by atoms with Crippen LogP contribution in [0.4, 0.5) is 0 Å². The number of carbonyl (C=O) groups excluding carboxylic acids is 1. The Morgan fingerprint density at radius 2 is 1.70 bits per heavy atom. The van der Waals surface area contributed by atoms with Crippen LogP contribution in [0.2, 0.25) is 0 Å². The summed E-state index contributed by atoms with van der Waals surface area (Å²) < 4.78 is 5.59. The van der Waals surface area contributed by atoms with E-state index in [9.17, 15) is 4.79 Å². The van der Waals surface area contributed by atoms with E-state index in [0.29, 0.717) is 11.5 Å². The molecule has 5 nitrogen and oxygen atoms in total. The molecule has 2 aromatic rings. The lowest BCUT2D eigenvalue weighted by molar-refractivity contribution is -0.128. The molecule has 0 aliphatic carbocycles. The zero-order valence-electron chi connectivity index (χ0n) is 12.5. The summed E-state index contributed by atoms with van der Waals surface area (Å²) in [6.07, 6.45) is 3.45. The van der Waals surface area contributed by atoms with Crippen LogP contribution in [0.25, 0.3) is 0 Å². The molecule has 1 amide bonds. The first-order valence-electron chi connectivity index (χ1n) is 6.98. The zero-order valence-corrected chi connectivity index (χ0v) is 14.1. The first-order chi connectivity index (χ1) is 11.2. The van der Waals surface area contributed by atoms with Gasteiger partial charge in [0.05, 0.1) is 11.5 Å². The lowest BCUT2D eigenvalue weighted by atomic mass is 10.4. The van der Waals surface area contributed by atoms with Gasteiger partial charge in [-0.05, 0) is 24.3 Å². The third kappa shape index (κ3) is 4.13. The second-order valence-corrected chi connectivity index (χ2v) is 6.92. The predicted molar refractivity (Wildman–Crippen MR) is 90.8 cm³/mol. The molecule has 3 heterocycles. The Morgan fingerprint density at radius 1 is 1.04 bits per heavy atom. The highest BCUT2D eigenvalue weighted by Gasteiger charge is 2.25. The fourth-order valence-electron chi connectivity index (χ4n) is 1.91. The number of aromatic nitrogens is 2. The Labute approximate surface area is 143 Å². The smallest absolute Gasteiger partial charge is 0.263 e. The first-order valence-corrected chi connectivity index (χ1v) is 8.61. The standard InChI is InChI=1S/C16H15N3O2S2/c1-19-11-21-10-12(22-13-6-2-4-8-17-13)15(16(19)20)23-14-7-3-5-9-18-14/h2-9H,10-11H2,1H3. The highest BCUT2D eigenvalue weighted by molar-refractivity contribution is 8.07. The van der Waals surface area contributed by atoms with Gasteiger partial charge in [0.15, 0.2) is 0 Å². The van der Waals surface area contributed by atoms with Gasteiger partial charge in [-0.2, -0.15) is 0 Å². The fraction of sp³-hybridized carbons (Fsp3) is 0.188. The third-order valence-electron chi connectivity index (χ3n) is 3.02. The van der Waals surface area contributed by atoms with E-state index >= 15 is 0 Å². The Hall–Kier alpha value is -1.83. The summed E-state index contributed by atoms with van der Waals surface area (Å²) in [4.78, 5) is 24.3. The van der Waals surface area contributed by atoms with Crippen LogP contribution in [0.1, 0.15) is 0 Å². The molecule has 0 fully saturated rings. The van der Waals surface area contributed by atoms with Crippen molar-refractivity contribution in [1.29, 1.82) is 0 Å². The summed E-state index contributed by atoms with van der Waals surface area (Å²) >= 11 is 2.82. The zero-order chi connectivity index (χ0) is 16.1. The topological polar surface area (TPSA) is 55.3 Å². The van der Waals surface area contributed by atoms with Gasteiger partial charge in [-0.15, -0.1) is 0 Å². The molecule has 1 aliphatic heterocycles. The molecule has 118 valence electrons. The molecule has 1 aliphatic rings. The van der Waals surface area contributed by atoms with E-state index in [0.717, 1.165) is 15.0 Å². The number of amides is 1. The largest absolute Gasteiger partial charge is 0.356 e. The van der Waals surface area contributed by atoms with Gasteiger partial charge in [-0.25, -0.2) is 9.97 Å². The normalized spacial score (nSPS) is 15.7. The number of likely N-dealkylation sites (N-methyl/N-ethyl adjacent to an activating group) is 1. The minimum absolute atomic E-state index is 0.0587. The van der Waals surface area contributed by atoms with Gasteiger partial charge >= 0.3 is 0 Å². The van der Waals surface area contributed by atoms with Gasteiger partial charge < -0.3 is 9.64 Å². The quantitative estimate of drug-likeness (QED) is 0.849. The number of pyridine rings is 2. The number of thioether (sulfide) groups is 2. The van der Waals surface area contributed by atoms with Crippen molar-refractivity contribution in [2.75, 3.05) is 20.4 Å². The summed E-state index contributed by atoms with van der Waals surface area (Å²) in [6, 6.07) is 11.4. The second kappa shape index (κ2) is 7.63. The summed E-state index contributed by atoms with van der Waals surface area (Å²) in [5.41, 5.74) is 0. The molecule has 23 heavy (non-hydrogen) atoms. The van der Waals surface area contributed by atoms with Crippen molar-refractivity contribution in [3.8, 4) is 0 Å². The van der Waals surface area contributed by atoms with Crippen molar-refractivity contribution in [2.45, 2.75) is 10.1 Å². The molecule has 0 N–H and O–H groups in total. The Balaban J connectivity index is 1.94. The maximum absolute atomic E-state index is 12.7. The van der Waals surface area contributed by atoms with Crippen LogP contribution in [0.5, 0.6) is 0 Å². The van der Waals surface area contributed by atoms with Crippen molar-refractivity contribution < 1.29 is 9.53 Å². The van der Waals surface area contributed by atoms with Crippen molar-refractivity contribution in [3.05, 3.63) is 58.6 Å². The molecule has 0 saturated carbocycles. The van der Waals surface area contributed by atoms with E-state index in [1.165, 1.54) is 23.5 Å². The number of hydrogen-bond donors (Lipinski definition) is 0. The van der Waals surface area contributed by atoms with Crippen molar-refractivity contribution in [3.63, 3.8) is 0 Å². The number of nitrogens with zero attached hydrogens (tertiary/aromatic N) is 3. The number of rotatable bonds is 4. The predicted octanol–water partition coefficient (Wildman–Crippen LogP) is 3.02. The number of carbonyl (C=O) groups is 1. The summed E-state index contributed by atoms with van der Waals surface area (Å²) in [5, 5.41) is 1.62. The summed E-state index contributed by atoms with van der Waals surface area (Å²) in [6.45, 7) is 0.657. The highest BCUT2D eigenvalue weighted by Crippen LogP contribution is 2.37. The minimum atomic E-state index is -0.0587. The van der Waals surface area contributed by atoms with Crippen LogP contribution in [-0.2, 0) is 9.53 Å². The van der Waals surface area contributed by atoms with Gasteiger partial charge in [0.1, 0.15) is 16.8 Å². The lowest BCUT2D eigenvalue weighted by Gasteiger charge is -2.15. The van der Waals surface area contributed by atoms with E-state index in [1.807, 2.05) is 36.4 Å². The van der Waals surface area contributed by atoms with E-state index < -0.39 is 0 Å². The molecule has 2 aromatic heterocycles. The molecule has 0 atom stereocenters. The average molecular weight is 345 g/mol. The second-order valence-electron chi connectivity index (χ2n) is 4.77. The SMILES string of the molecule is CN1COCC(Sc2ccccn2)=C(Sc2ccccn2)C1=O. The molecule has 0 aromatic carbocycles. The van der Waals surface area contributed by atoms with Crippen LogP contribution in [0.3, 0.4) is 0 Å². The number of ether oxygens (including phenoxy) is 1. The van der Waals surface area contributed by atoms with Gasteiger partial charge in [0.2, 0.25) is 0 Å². The fourth-order valence-corrected chi connectivity index (χ4v) is 3.88. The molecule has 0 saturated heterocycles. The van der Waals surface area contributed by atoms with E-state index in [-0.39, 0.29) is 12.6 Å². The summed E-state index contributed by atoms with van der Waals surface area (Å²) in [5.74, 6) is -0.0587. The third-order valence-corrected chi connectivity index (χ3v) is 5.25. The van der Waals surface area contributed by atoms with Crippen LogP contribution in [-0.4, -0.2) is 41.2 Å². The Kier molecular flexibility index (Phi) is 5.32. The molecule has 0 radical (unpaired) electrons. The van der Waals surface area contributed by atoms with Crippen LogP contribution < -0.4 is 0 Å². The van der Waals surface area contributed by atoms with Gasteiger partial charge in [-0.1, -0.05) is 35.7 Å². The Morgan fingerprint density at radius 3 is 2.30 bits per heavy atom. The molecule has 0 bridgehead atoms. The van der Waals surface area contributed by atoms with Crippen LogP contribution >= 0.6 is 23.5 Å². The van der Waals surface area contributed by atoms with E-state index in [4.69, 9.17) is 4.74 Å². The van der Waals surface area contributed by atoms with Crippen molar-refractivity contribution in [1.82, 2.24) is 14.9 Å². The van der Waals surface area contributed by atoms with Crippen molar-refractivity contribution in [2.24, 2.45) is 0 Å². The maximum atomic E-state index is 12.7. The van der Waals surface area contributed by atoms with Crippen LogP contribution in [0.15, 0.2) is 68.7 Å². The molecule has 0 spiro atoms. The summed E-state index contributed by atoms with van der Waals surface area (Å²) in [7, 11) is 1.73. The van der Waals surface area contributed by atoms with Gasteiger partial charge in [-0.3, -0.25) is 4.79 Å². The molecular formula is C16H15N3O2S2. The van der Waals surface area contributed by atoms with Crippen molar-refractivity contribution >= 4 is 29.4 Å². The maximum Gasteiger partial charge on any atom is 0.263 e. The minimum Gasteiger partial charge on any atom is -0.356 e. The molecule has 7 heteroatoms. The first kappa shape index (κ1) is 16.0. The molecule has 3 rings (SSSR count). The van der Waals surface area contributed by atoms with Gasteiger partial charge in [0.25, 0.3) is 5.91 Å². The van der Waals surface area contributed by atoms with E-state index in [2.05, 4.69) is 9.97 Å². The average Bonchev–Trinajstić information content (AvgIpc) is 2.71. The lowest BCUT2D eigenvalue weighted by Crippen LogP contribution is -2.27. The van der Waals surface area contributed by atoms with E-state index in [1.54, 1.807) is 24.3 Å². The number of hydrogen-bond acceptors (Lipinski definition) is 6. The molecule has 0 unspecified atom stereocenters. The van der Waals surface area contributed by atoms with Crippen LogP contribution in [0, 0.1) is 0 Å². The van der Waals surface area contributed by atoms with Gasteiger partial charge in [0, 0.05) is 24.3 Å². The Bertz CT molecular complexity index is 708.